The molecule has 1 saturated carbocycles. The maximum absolute atomic E-state index is 12.0. The first-order valence-corrected chi connectivity index (χ1v) is 6.68. The second-order valence-electron chi connectivity index (χ2n) is 4.04. The van der Waals surface area contributed by atoms with E-state index in [4.69, 9.17) is 0 Å². The zero-order valence-corrected chi connectivity index (χ0v) is 10.1. The van der Waals surface area contributed by atoms with Crippen LogP contribution in [0.3, 0.4) is 0 Å². The Hall–Kier alpha value is -1.14. The van der Waals surface area contributed by atoms with Crippen molar-refractivity contribution in [3.63, 3.8) is 0 Å². The molecule has 1 fully saturated rings. The van der Waals surface area contributed by atoms with Gasteiger partial charge >= 0.3 is 0 Å². The average molecular weight is 241 g/mol. The van der Waals surface area contributed by atoms with Crippen LogP contribution in [0, 0.1) is 5.92 Å². The van der Waals surface area contributed by atoms with E-state index in [2.05, 4.69) is 15.0 Å². The molecule has 16 heavy (non-hydrogen) atoms. The Kier molecular flexibility index (Phi) is 2.86. The predicted molar refractivity (Wildman–Crippen MR) is 61.7 cm³/mol. The van der Waals surface area contributed by atoms with Gasteiger partial charge in [0, 0.05) is 19.3 Å². The molecule has 1 aromatic rings. The van der Waals surface area contributed by atoms with Gasteiger partial charge in [-0.25, -0.2) is 18.1 Å². The summed E-state index contributed by atoms with van der Waals surface area (Å²) in [7, 11) is -1.79. The molecule has 0 saturated heterocycles. The van der Waals surface area contributed by atoms with Crippen LogP contribution in [-0.2, 0) is 10.0 Å². The maximum atomic E-state index is 12.0. The molecule has 0 bridgehead atoms. The molecule has 1 aliphatic rings. The lowest BCUT2D eigenvalue weighted by Gasteiger charge is -2.09. The Bertz CT molecular complexity index is 487. The summed E-state index contributed by atoms with van der Waals surface area (Å²) in [5.41, 5.74) is 0. The van der Waals surface area contributed by atoms with E-state index < -0.39 is 10.0 Å². The van der Waals surface area contributed by atoms with Crippen LogP contribution in [0.25, 0.3) is 0 Å². The van der Waals surface area contributed by atoms with E-state index in [9.17, 15) is 8.42 Å². The fourth-order valence-electron chi connectivity index (χ4n) is 1.54. The van der Waals surface area contributed by atoms with Crippen LogP contribution in [0.4, 0.5) is 5.82 Å². The van der Waals surface area contributed by atoms with Gasteiger partial charge in [0.2, 0.25) is 10.0 Å². The van der Waals surface area contributed by atoms with Crippen molar-refractivity contribution >= 4 is 15.8 Å². The van der Waals surface area contributed by atoms with Crippen molar-refractivity contribution in [2.45, 2.75) is 24.3 Å². The minimum absolute atomic E-state index is 0.0786. The summed E-state index contributed by atoms with van der Waals surface area (Å²) in [4.78, 5) is 4.19. The summed E-state index contributed by atoms with van der Waals surface area (Å²) < 4.78 is 26.7. The van der Waals surface area contributed by atoms with E-state index in [0.717, 1.165) is 6.42 Å². The molecule has 0 radical (unpaired) electrons. The fraction of sp³-hybridized carbons (Fsp3) is 0.500. The summed E-state index contributed by atoms with van der Waals surface area (Å²) in [6.45, 7) is 2.02. The normalized spacial score (nSPS) is 24.1. The van der Waals surface area contributed by atoms with Gasteiger partial charge in [-0.05, 0) is 24.5 Å². The molecule has 0 spiro atoms. The Labute approximate surface area is 95.3 Å². The van der Waals surface area contributed by atoms with Crippen molar-refractivity contribution in [2.75, 3.05) is 12.4 Å². The van der Waals surface area contributed by atoms with E-state index in [1.807, 2.05) is 6.92 Å². The number of sulfonamides is 1. The summed E-state index contributed by atoms with van der Waals surface area (Å²) in [6.07, 6.45) is 2.47. The second-order valence-corrected chi connectivity index (χ2v) is 5.72. The molecule has 0 aliphatic heterocycles. The van der Waals surface area contributed by atoms with Crippen molar-refractivity contribution in [1.82, 2.24) is 9.71 Å². The lowest BCUT2D eigenvalue weighted by Crippen LogP contribution is -2.27. The van der Waals surface area contributed by atoms with Gasteiger partial charge in [0.15, 0.2) is 0 Å². The van der Waals surface area contributed by atoms with Gasteiger partial charge in [0.1, 0.15) is 10.7 Å². The van der Waals surface area contributed by atoms with E-state index in [0.29, 0.717) is 11.7 Å². The molecule has 2 atom stereocenters. The molecule has 2 N–H and O–H groups in total. The predicted octanol–water partition coefficient (Wildman–Crippen LogP) is 0.810. The first-order chi connectivity index (χ1) is 7.54. The van der Waals surface area contributed by atoms with Crippen molar-refractivity contribution in [3.8, 4) is 0 Å². The number of hydrogen-bond donors (Lipinski definition) is 2. The number of hydrogen-bond acceptors (Lipinski definition) is 4. The number of anilines is 1. The monoisotopic (exact) mass is 241 g/mol. The summed E-state index contributed by atoms with van der Waals surface area (Å²) in [5, 5.41) is 2.78. The van der Waals surface area contributed by atoms with E-state index in [1.165, 1.54) is 0 Å². The Morgan fingerprint density at radius 1 is 1.50 bits per heavy atom. The third kappa shape index (κ3) is 2.17. The van der Waals surface area contributed by atoms with Crippen LogP contribution in [0.1, 0.15) is 13.3 Å². The number of nitrogens with one attached hydrogen (secondary N) is 2. The lowest BCUT2D eigenvalue weighted by atomic mass is 10.5. The maximum Gasteiger partial charge on any atom is 0.244 e. The summed E-state index contributed by atoms with van der Waals surface area (Å²) in [5.74, 6) is 0.813. The molecule has 88 valence electrons. The van der Waals surface area contributed by atoms with Crippen LogP contribution in [0.5, 0.6) is 0 Å². The van der Waals surface area contributed by atoms with Crippen molar-refractivity contribution in [3.05, 3.63) is 18.3 Å². The zero-order valence-electron chi connectivity index (χ0n) is 9.27. The number of rotatable bonds is 4. The molecular formula is C10H15N3O2S. The lowest BCUT2D eigenvalue weighted by molar-refractivity contribution is 0.578. The molecule has 1 aromatic heterocycles. The third-order valence-electron chi connectivity index (χ3n) is 2.71. The minimum atomic E-state index is -3.45. The molecule has 6 heteroatoms. The third-order valence-corrected chi connectivity index (χ3v) is 4.23. The number of aromatic nitrogens is 1. The molecule has 1 heterocycles. The van der Waals surface area contributed by atoms with Gasteiger partial charge in [-0.3, -0.25) is 0 Å². The van der Waals surface area contributed by atoms with Crippen molar-refractivity contribution < 1.29 is 8.42 Å². The van der Waals surface area contributed by atoms with Crippen LogP contribution in [-0.4, -0.2) is 26.5 Å². The number of pyridine rings is 1. The summed E-state index contributed by atoms with van der Waals surface area (Å²) >= 11 is 0. The molecule has 2 rings (SSSR count). The average Bonchev–Trinajstić information content (AvgIpc) is 2.93. The smallest absolute Gasteiger partial charge is 0.244 e. The van der Waals surface area contributed by atoms with Gasteiger partial charge in [-0.2, -0.15) is 0 Å². The highest BCUT2D eigenvalue weighted by molar-refractivity contribution is 7.89. The van der Waals surface area contributed by atoms with Crippen LogP contribution in [0.15, 0.2) is 23.2 Å². The van der Waals surface area contributed by atoms with Gasteiger partial charge < -0.3 is 5.32 Å². The van der Waals surface area contributed by atoms with Crippen LogP contribution in [0.2, 0.25) is 0 Å². The van der Waals surface area contributed by atoms with Crippen molar-refractivity contribution in [2.24, 2.45) is 5.92 Å². The van der Waals surface area contributed by atoms with E-state index in [-0.39, 0.29) is 10.9 Å². The Morgan fingerprint density at radius 2 is 2.19 bits per heavy atom. The molecule has 1 aliphatic carbocycles. The Morgan fingerprint density at radius 3 is 2.75 bits per heavy atom. The van der Waals surface area contributed by atoms with E-state index in [1.54, 1.807) is 25.4 Å². The highest BCUT2D eigenvalue weighted by atomic mass is 32.2. The molecule has 2 unspecified atom stereocenters. The number of nitrogens with zero attached hydrogens (tertiary/aromatic N) is 1. The minimum Gasteiger partial charge on any atom is -0.372 e. The first kappa shape index (κ1) is 11.3. The zero-order chi connectivity index (χ0) is 11.8. The van der Waals surface area contributed by atoms with Crippen LogP contribution < -0.4 is 10.0 Å². The fourth-order valence-corrected chi connectivity index (χ4v) is 3.07. The first-order valence-electron chi connectivity index (χ1n) is 5.19. The topological polar surface area (TPSA) is 71.1 Å². The molecule has 0 amide bonds. The summed E-state index contributed by atoms with van der Waals surface area (Å²) in [6, 6.07) is 3.25. The molecule has 0 aromatic carbocycles. The molecule has 5 nitrogen and oxygen atoms in total. The van der Waals surface area contributed by atoms with Crippen LogP contribution >= 0.6 is 0 Å². The van der Waals surface area contributed by atoms with Gasteiger partial charge in [0.25, 0.3) is 0 Å². The van der Waals surface area contributed by atoms with Gasteiger partial charge in [-0.1, -0.05) is 6.92 Å². The van der Waals surface area contributed by atoms with E-state index >= 15 is 0 Å². The standard InChI is InChI=1S/C10H15N3O2S/c1-7-6-8(7)13-16(14,15)9-4-3-5-12-10(9)11-2/h3-5,7-8,13H,6H2,1-2H3,(H,11,12). The highest BCUT2D eigenvalue weighted by Crippen LogP contribution is 2.31. The Balaban J connectivity index is 2.28. The van der Waals surface area contributed by atoms with Gasteiger partial charge in [-0.15, -0.1) is 0 Å². The van der Waals surface area contributed by atoms with Gasteiger partial charge in [0.05, 0.1) is 0 Å². The second kappa shape index (κ2) is 4.03. The van der Waals surface area contributed by atoms with Crippen molar-refractivity contribution in [1.29, 1.82) is 0 Å². The highest BCUT2D eigenvalue weighted by Gasteiger charge is 2.37. The largest absolute Gasteiger partial charge is 0.372 e. The quantitative estimate of drug-likeness (QED) is 0.818. The molecular weight excluding hydrogens is 226 g/mol. The SMILES string of the molecule is CNc1ncccc1S(=O)(=O)NC1CC1C.